The second-order valence-electron chi connectivity index (χ2n) is 4.11. The van der Waals surface area contributed by atoms with E-state index in [4.69, 9.17) is 10.5 Å². The van der Waals surface area contributed by atoms with E-state index in [-0.39, 0.29) is 24.4 Å². The molecule has 18 heavy (non-hydrogen) atoms. The first-order valence-corrected chi connectivity index (χ1v) is 5.99. The van der Waals surface area contributed by atoms with E-state index in [0.717, 1.165) is 6.42 Å². The standard InChI is InChI=1S/C13H19FN2O2/c1-3-6-16-13(17)8-18-12-5-4-10(14)7-11(12)9(2)15/h4-5,7,9H,3,6,8,15H2,1-2H3,(H,16,17)/t9-/m1/s1. The van der Waals surface area contributed by atoms with Crippen LogP contribution in [0.15, 0.2) is 18.2 Å². The summed E-state index contributed by atoms with van der Waals surface area (Å²) in [5, 5.41) is 2.69. The number of hydrogen-bond acceptors (Lipinski definition) is 3. The lowest BCUT2D eigenvalue weighted by Crippen LogP contribution is -2.29. The zero-order valence-electron chi connectivity index (χ0n) is 10.7. The molecular formula is C13H19FN2O2. The molecule has 0 aliphatic rings. The Bertz CT molecular complexity index is 408. The van der Waals surface area contributed by atoms with Crippen LogP contribution in [0, 0.1) is 5.82 Å². The van der Waals surface area contributed by atoms with E-state index in [2.05, 4.69) is 5.32 Å². The van der Waals surface area contributed by atoms with Gasteiger partial charge in [0.05, 0.1) is 0 Å². The molecule has 0 radical (unpaired) electrons. The minimum absolute atomic E-state index is 0.0919. The number of benzene rings is 1. The number of amides is 1. The summed E-state index contributed by atoms with van der Waals surface area (Å²) in [5.74, 6) is -0.125. The van der Waals surface area contributed by atoms with Gasteiger partial charge in [-0.05, 0) is 31.5 Å². The normalized spacial score (nSPS) is 12.0. The first-order chi connectivity index (χ1) is 8.54. The van der Waals surface area contributed by atoms with Crippen molar-refractivity contribution in [1.82, 2.24) is 5.32 Å². The van der Waals surface area contributed by atoms with E-state index in [1.54, 1.807) is 6.92 Å². The molecule has 0 aliphatic carbocycles. The summed E-state index contributed by atoms with van der Waals surface area (Å²) in [5.41, 5.74) is 6.28. The van der Waals surface area contributed by atoms with Crippen molar-refractivity contribution in [2.75, 3.05) is 13.2 Å². The van der Waals surface area contributed by atoms with Gasteiger partial charge in [0.15, 0.2) is 6.61 Å². The molecule has 0 heterocycles. The number of nitrogens with two attached hydrogens (primary N) is 1. The highest BCUT2D eigenvalue weighted by molar-refractivity contribution is 5.77. The molecule has 1 aromatic carbocycles. The molecule has 0 saturated heterocycles. The molecule has 100 valence electrons. The third-order valence-corrected chi connectivity index (χ3v) is 2.39. The van der Waals surface area contributed by atoms with E-state index in [9.17, 15) is 9.18 Å². The van der Waals surface area contributed by atoms with Gasteiger partial charge in [-0.3, -0.25) is 4.79 Å². The lowest BCUT2D eigenvalue weighted by atomic mass is 10.1. The molecule has 0 unspecified atom stereocenters. The number of halogens is 1. The van der Waals surface area contributed by atoms with Crippen LogP contribution < -0.4 is 15.8 Å². The van der Waals surface area contributed by atoms with Crippen LogP contribution in [0.4, 0.5) is 4.39 Å². The number of nitrogens with one attached hydrogen (secondary N) is 1. The maximum atomic E-state index is 13.1. The van der Waals surface area contributed by atoms with Crippen molar-refractivity contribution in [3.8, 4) is 5.75 Å². The third kappa shape index (κ3) is 4.33. The van der Waals surface area contributed by atoms with Gasteiger partial charge in [0.2, 0.25) is 0 Å². The largest absolute Gasteiger partial charge is 0.483 e. The first-order valence-electron chi connectivity index (χ1n) is 5.99. The Labute approximate surface area is 106 Å². The van der Waals surface area contributed by atoms with Gasteiger partial charge in [-0.1, -0.05) is 6.92 Å². The zero-order chi connectivity index (χ0) is 13.5. The predicted molar refractivity (Wildman–Crippen MR) is 67.8 cm³/mol. The second-order valence-corrected chi connectivity index (χ2v) is 4.11. The molecule has 4 nitrogen and oxygen atoms in total. The molecule has 0 aromatic heterocycles. The summed E-state index contributed by atoms with van der Waals surface area (Å²) in [4.78, 5) is 11.4. The van der Waals surface area contributed by atoms with Crippen LogP contribution in [0.3, 0.4) is 0 Å². The van der Waals surface area contributed by atoms with E-state index in [0.29, 0.717) is 17.9 Å². The van der Waals surface area contributed by atoms with Gasteiger partial charge in [-0.2, -0.15) is 0 Å². The van der Waals surface area contributed by atoms with Crippen molar-refractivity contribution in [3.63, 3.8) is 0 Å². The molecule has 1 atom stereocenters. The molecule has 1 rings (SSSR count). The molecule has 3 N–H and O–H groups in total. The average molecular weight is 254 g/mol. The Morgan fingerprint density at radius 2 is 2.28 bits per heavy atom. The molecule has 0 spiro atoms. The van der Waals surface area contributed by atoms with Crippen LogP contribution in [-0.4, -0.2) is 19.1 Å². The van der Waals surface area contributed by atoms with Crippen LogP contribution in [0.2, 0.25) is 0 Å². The number of carbonyl (C=O) groups is 1. The average Bonchev–Trinajstić information content (AvgIpc) is 2.34. The lowest BCUT2D eigenvalue weighted by Gasteiger charge is -2.14. The van der Waals surface area contributed by atoms with Crippen LogP contribution in [-0.2, 0) is 4.79 Å². The summed E-state index contributed by atoms with van der Waals surface area (Å²) < 4.78 is 18.4. The number of ether oxygens (including phenoxy) is 1. The van der Waals surface area contributed by atoms with E-state index < -0.39 is 0 Å². The Morgan fingerprint density at radius 1 is 1.56 bits per heavy atom. The highest BCUT2D eigenvalue weighted by Crippen LogP contribution is 2.24. The summed E-state index contributed by atoms with van der Waals surface area (Å²) in [6.45, 7) is 4.23. The first kappa shape index (κ1) is 14.4. The third-order valence-electron chi connectivity index (χ3n) is 2.39. The summed E-state index contributed by atoms with van der Waals surface area (Å²) >= 11 is 0. The number of hydrogen-bond donors (Lipinski definition) is 2. The van der Waals surface area contributed by atoms with Gasteiger partial charge < -0.3 is 15.8 Å². The van der Waals surface area contributed by atoms with Crippen LogP contribution in [0.1, 0.15) is 31.9 Å². The zero-order valence-corrected chi connectivity index (χ0v) is 10.7. The second kappa shape index (κ2) is 6.96. The Hall–Kier alpha value is -1.62. The fourth-order valence-electron chi connectivity index (χ4n) is 1.47. The van der Waals surface area contributed by atoms with Crippen molar-refractivity contribution < 1.29 is 13.9 Å². The van der Waals surface area contributed by atoms with Crippen LogP contribution >= 0.6 is 0 Å². The molecular weight excluding hydrogens is 235 g/mol. The monoisotopic (exact) mass is 254 g/mol. The Balaban J connectivity index is 2.64. The van der Waals surface area contributed by atoms with Crippen LogP contribution in [0.5, 0.6) is 5.75 Å². The van der Waals surface area contributed by atoms with Crippen molar-refractivity contribution in [1.29, 1.82) is 0 Å². The minimum atomic E-state index is -0.370. The fraction of sp³-hybridized carbons (Fsp3) is 0.462. The van der Waals surface area contributed by atoms with E-state index in [1.165, 1.54) is 18.2 Å². The molecule has 5 heteroatoms. The molecule has 0 saturated carbocycles. The highest BCUT2D eigenvalue weighted by Gasteiger charge is 2.11. The molecule has 1 aromatic rings. The van der Waals surface area contributed by atoms with Crippen LogP contribution in [0.25, 0.3) is 0 Å². The topological polar surface area (TPSA) is 64.3 Å². The van der Waals surface area contributed by atoms with E-state index in [1.807, 2.05) is 6.92 Å². The van der Waals surface area contributed by atoms with Crippen molar-refractivity contribution >= 4 is 5.91 Å². The fourth-order valence-corrected chi connectivity index (χ4v) is 1.47. The summed E-state index contributed by atoms with van der Waals surface area (Å²) in [6, 6.07) is 3.74. The maximum absolute atomic E-state index is 13.1. The van der Waals surface area contributed by atoms with Gasteiger partial charge in [-0.25, -0.2) is 4.39 Å². The SMILES string of the molecule is CCCNC(=O)COc1ccc(F)cc1[C@@H](C)N. The molecule has 0 aliphatic heterocycles. The minimum Gasteiger partial charge on any atom is -0.483 e. The summed E-state index contributed by atoms with van der Waals surface area (Å²) in [6.07, 6.45) is 0.868. The Kier molecular flexibility index (Phi) is 5.58. The highest BCUT2D eigenvalue weighted by atomic mass is 19.1. The van der Waals surface area contributed by atoms with Crippen molar-refractivity contribution in [3.05, 3.63) is 29.6 Å². The smallest absolute Gasteiger partial charge is 0.257 e. The van der Waals surface area contributed by atoms with Crippen molar-refractivity contribution in [2.45, 2.75) is 26.3 Å². The van der Waals surface area contributed by atoms with Gasteiger partial charge in [-0.15, -0.1) is 0 Å². The quantitative estimate of drug-likeness (QED) is 0.813. The maximum Gasteiger partial charge on any atom is 0.257 e. The predicted octanol–water partition coefficient (Wildman–Crippen LogP) is 1.75. The summed E-state index contributed by atoms with van der Waals surface area (Å²) in [7, 11) is 0. The molecule has 0 bridgehead atoms. The van der Waals surface area contributed by atoms with Gasteiger partial charge in [0.1, 0.15) is 11.6 Å². The molecule has 1 amide bonds. The van der Waals surface area contributed by atoms with Gasteiger partial charge >= 0.3 is 0 Å². The number of carbonyl (C=O) groups excluding carboxylic acids is 1. The van der Waals surface area contributed by atoms with Gasteiger partial charge in [0.25, 0.3) is 5.91 Å². The number of rotatable bonds is 6. The van der Waals surface area contributed by atoms with Gasteiger partial charge in [0, 0.05) is 18.2 Å². The lowest BCUT2D eigenvalue weighted by molar-refractivity contribution is -0.123. The Morgan fingerprint density at radius 3 is 2.89 bits per heavy atom. The van der Waals surface area contributed by atoms with E-state index >= 15 is 0 Å². The van der Waals surface area contributed by atoms with Crippen molar-refractivity contribution in [2.24, 2.45) is 5.73 Å². The molecule has 0 fully saturated rings.